The molecule has 0 bridgehead atoms. The van der Waals surface area contributed by atoms with Crippen molar-refractivity contribution in [3.63, 3.8) is 0 Å². The van der Waals surface area contributed by atoms with Gasteiger partial charge in [-0.05, 0) is 33.7 Å². The van der Waals surface area contributed by atoms with E-state index in [1.165, 1.54) is 0 Å². The van der Waals surface area contributed by atoms with Crippen LogP contribution in [0.15, 0.2) is 0 Å². The van der Waals surface area contributed by atoms with Crippen LogP contribution < -0.4 is 5.32 Å². The van der Waals surface area contributed by atoms with E-state index in [-0.39, 0.29) is 12.7 Å². The van der Waals surface area contributed by atoms with E-state index in [0.717, 1.165) is 25.9 Å². The van der Waals surface area contributed by atoms with Crippen LogP contribution in [-0.2, 0) is 9.57 Å². The third kappa shape index (κ3) is 6.23. The molecule has 1 amide bonds. The lowest BCUT2D eigenvalue weighted by Crippen LogP contribution is -2.49. The fraction of sp³-hybridized carbons (Fsp3) is 0.909. The lowest BCUT2D eigenvalue weighted by molar-refractivity contribution is -0.759. The molecule has 1 aliphatic heterocycles. The monoisotopic (exact) mass is 275 g/mol. The molecular formula is C11H21N3O5. The van der Waals surface area contributed by atoms with Crippen molar-refractivity contribution in [1.82, 2.24) is 10.2 Å². The van der Waals surface area contributed by atoms with Gasteiger partial charge in [-0.3, -0.25) is 0 Å². The number of alkyl carbamates (subject to hydrolysis) is 1. The molecule has 0 atom stereocenters. The van der Waals surface area contributed by atoms with Crippen LogP contribution in [0.25, 0.3) is 0 Å². The maximum absolute atomic E-state index is 11.7. The number of carbonyl (C=O) groups is 1. The van der Waals surface area contributed by atoms with Gasteiger partial charge in [0.1, 0.15) is 12.7 Å². The average Bonchev–Trinajstić information content (AvgIpc) is 2.29. The second kappa shape index (κ2) is 6.55. The summed E-state index contributed by atoms with van der Waals surface area (Å²) in [6, 6.07) is 0. The fourth-order valence-corrected chi connectivity index (χ4v) is 1.81. The Kier molecular flexibility index (Phi) is 5.34. The average molecular weight is 275 g/mol. The summed E-state index contributed by atoms with van der Waals surface area (Å²) in [4.78, 5) is 28.2. The molecule has 0 spiro atoms. The minimum absolute atomic E-state index is 0.0940. The summed E-state index contributed by atoms with van der Waals surface area (Å²) in [5.41, 5.74) is -0.852. The number of likely N-dealkylation sites (tertiary alicyclic amines) is 1. The van der Waals surface area contributed by atoms with Gasteiger partial charge in [-0.25, -0.2) is 4.79 Å². The van der Waals surface area contributed by atoms with Gasteiger partial charge in [0, 0.05) is 13.1 Å². The molecule has 19 heavy (non-hydrogen) atoms. The van der Waals surface area contributed by atoms with Gasteiger partial charge >= 0.3 is 6.09 Å². The van der Waals surface area contributed by atoms with Gasteiger partial charge in [0.05, 0.1) is 5.54 Å². The van der Waals surface area contributed by atoms with Gasteiger partial charge in [0.25, 0.3) is 5.09 Å². The number of nitrogens with zero attached hydrogens (tertiary/aromatic N) is 2. The molecule has 0 unspecified atom stereocenters. The summed E-state index contributed by atoms with van der Waals surface area (Å²) < 4.78 is 5.28. The summed E-state index contributed by atoms with van der Waals surface area (Å²) in [6.45, 7) is 4.83. The maximum atomic E-state index is 11.7. The van der Waals surface area contributed by atoms with E-state index in [0.29, 0.717) is 0 Å². The zero-order chi connectivity index (χ0) is 14.5. The van der Waals surface area contributed by atoms with Crippen LogP contribution in [0.2, 0.25) is 0 Å². The van der Waals surface area contributed by atoms with Crippen molar-refractivity contribution in [3.8, 4) is 0 Å². The zero-order valence-corrected chi connectivity index (χ0v) is 11.5. The summed E-state index contributed by atoms with van der Waals surface area (Å²) in [6.07, 6.45) is 0.945. The fourth-order valence-electron chi connectivity index (χ4n) is 1.81. The Labute approximate surface area is 112 Å². The Morgan fingerprint density at radius 1 is 1.47 bits per heavy atom. The topological polar surface area (TPSA) is 93.9 Å². The Balaban J connectivity index is 2.31. The highest BCUT2D eigenvalue weighted by atomic mass is 16.9. The van der Waals surface area contributed by atoms with E-state index in [4.69, 9.17) is 4.74 Å². The van der Waals surface area contributed by atoms with Crippen molar-refractivity contribution in [2.24, 2.45) is 0 Å². The number of nitrogens with one attached hydrogen (secondary N) is 1. The molecule has 0 aromatic rings. The number of hydrogen-bond donors (Lipinski definition) is 1. The third-order valence-corrected chi connectivity index (χ3v) is 2.91. The molecule has 8 heteroatoms. The van der Waals surface area contributed by atoms with E-state index in [1.807, 2.05) is 7.05 Å². The van der Waals surface area contributed by atoms with Crippen molar-refractivity contribution in [1.29, 1.82) is 0 Å². The van der Waals surface area contributed by atoms with E-state index in [9.17, 15) is 14.9 Å². The van der Waals surface area contributed by atoms with Crippen LogP contribution in [0, 0.1) is 10.1 Å². The molecule has 1 saturated heterocycles. The molecule has 0 saturated carbocycles. The number of piperidine rings is 1. The van der Waals surface area contributed by atoms with Crippen molar-refractivity contribution in [2.75, 3.05) is 26.7 Å². The standard InChI is InChI=1S/C11H21N3O5/c1-11(2,8-18-14(16)17)12-10(15)19-9-4-6-13(3)7-5-9/h9H,4-8H2,1-3H3,(H,12,15). The lowest BCUT2D eigenvalue weighted by Gasteiger charge is -2.30. The number of hydrogen-bond acceptors (Lipinski definition) is 6. The predicted octanol–water partition coefficient (Wildman–Crippen LogP) is 0.794. The van der Waals surface area contributed by atoms with Gasteiger partial charge in [0.2, 0.25) is 0 Å². The van der Waals surface area contributed by atoms with Crippen molar-refractivity contribution in [3.05, 3.63) is 10.1 Å². The van der Waals surface area contributed by atoms with Gasteiger partial charge in [-0.2, -0.15) is 0 Å². The molecule has 0 aliphatic carbocycles. The highest BCUT2D eigenvalue weighted by Gasteiger charge is 2.26. The Morgan fingerprint density at radius 3 is 2.58 bits per heavy atom. The van der Waals surface area contributed by atoms with E-state index in [2.05, 4.69) is 15.1 Å². The quantitative estimate of drug-likeness (QED) is 0.589. The first-order valence-corrected chi connectivity index (χ1v) is 6.23. The molecule has 8 nitrogen and oxygen atoms in total. The number of ether oxygens (including phenoxy) is 1. The number of rotatable bonds is 5. The number of amides is 1. The van der Waals surface area contributed by atoms with Crippen LogP contribution >= 0.6 is 0 Å². The minimum Gasteiger partial charge on any atom is -0.446 e. The smallest absolute Gasteiger partial charge is 0.407 e. The maximum Gasteiger partial charge on any atom is 0.407 e. The largest absolute Gasteiger partial charge is 0.446 e. The van der Waals surface area contributed by atoms with Gasteiger partial charge in [0.15, 0.2) is 0 Å². The van der Waals surface area contributed by atoms with Crippen LogP contribution in [0.3, 0.4) is 0 Å². The molecule has 0 aromatic carbocycles. The second-order valence-electron chi connectivity index (χ2n) is 5.41. The summed E-state index contributed by atoms with van der Waals surface area (Å²) in [5.74, 6) is 0. The minimum atomic E-state index is -0.883. The third-order valence-electron chi connectivity index (χ3n) is 2.91. The first-order valence-electron chi connectivity index (χ1n) is 6.23. The predicted molar refractivity (Wildman–Crippen MR) is 67.2 cm³/mol. The normalized spacial score (nSPS) is 17.8. The van der Waals surface area contributed by atoms with Crippen LogP contribution in [-0.4, -0.2) is 54.5 Å². The highest BCUT2D eigenvalue weighted by Crippen LogP contribution is 2.13. The zero-order valence-electron chi connectivity index (χ0n) is 11.5. The first-order chi connectivity index (χ1) is 8.78. The highest BCUT2D eigenvalue weighted by molar-refractivity contribution is 5.68. The summed E-state index contributed by atoms with van der Waals surface area (Å²) in [7, 11) is 2.02. The molecular weight excluding hydrogens is 254 g/mol. The van der Waals surface area contributed by atoms with Gasteiger partial charge in [-0.1, -0.05) is 0 Å². The molecule has 0 aromatic heterocycles. The molecule has 110 valence electrons. The SMILES string of the molecule is CN1CCC(OC(=O)NC(C)(C)CO[N+](=O)[O-])CC1. The first kappa shape index (κ1) is 15.5. The molecule has 1 heterocycles. The molecule has 1 fully saturated rings. The van der Waals surface area contributed by atoms with Crippen molar-refractivity contribution < 1.29 is 19.5 Å². The summed E-state index contributed by atoms with van der Waals surface area (Å²) >= 11 is 0. The van der Waals surface area contributed by atoms with Gasteiger partial charge < -0.3 is 19.8 Å². The van der Waals surface area contributed by atoms with E-state index >= 15 is 0 Å². The van der Waals surface area contributed by atoms with Crippen LogP contribution in [0.5, 0.6) is 0 Å². The van der Waals surface area contributed by atoms with Gasteiger partial charge in [-0.15, -0.1) is 10.1 Å². The van der Waals surface area contributed by atoms with E-state index < -0.39 is 16.7 Å². The van der Waals surface area contributed by atoms with E-state index in [1.54, 1.807) is 13.8 Å². The Hall–Kier alpha value is -1.57. The van der Waals surface area contributed by atoms with Crippen molar-refractivity contribution >= 4 is 6.09 Å². The Morgan fingerprint density at radius 2 is 2.05 bits per heavy atom. The number of carbonyl (C=O) groups excluding carboxylic acids is 1. The van der Waals surface area contributed by atoms with Crippen LogP contribution in [0.1, 0.15) is 26.7 Å². The lowest BCUT2D eigenvalue weighted by atomic mass is 10.1. The summed E-state index contributed by atoms with van der Waals surface area (Å²) in [5, 5.41) is 11.8. The molecule has 1 rings (SSSR count). The Bertz CT molecular complexity index is 326. The van der Waals surface area contributed by atoms with Crippen LogP contribution in [0.4, 0.5) is 4.79 Å². The van der Waals surface area contributed by atoms with Crippen molar-refractivity contribution in [2.45, 2.75) is 38.3 Å². The molecule has 1 N–H and O–H groups in total. The molecule has 1 aliphatic rings. The second-order valence-corrected chi connectivity index (χ2v) is 5.41. The molecule has 0 radical (unpaired) electrons.